The number of carbonyl (C=O) groups excluding carboxylic acids is 1. The van der Waals surface area contributed by atoms with E-state index < -0.39 is 5.41 Å². The number of aryl methyl sites for hydroxylation is 1. The SMILES string of the molecule is C/C(=C/CCc1ccccc1)COC(=O)C(C)(C)C. The fourth-order valence-corrected chi connectivity index (χ4v) is 1.58. The van der Waals surface area contributed by atoms with E-state index in [1.807, 2.05) is 33.8 Å². The van der Waals surface area contributed by atoms with E-state index >= 15 is 0 Å². The molecule has 0 aromatic heterocycles. The summed E-state index contributed by atoms with van der Waals surface area (Å²) in [4.78, 5) is 11.6. The lowest BCUT2D eigenvalue weighted by Gasteiger charge is -2.16. The van der Waals surface area contributed by atoms with E-state index in [0.29, 0.717) is 6.61 Å². The van der Waals surface area contributed by atoms with Gasteiger partial charge in [0.05, 0.1) is 5.41 Å². The van der Waals surface area contributed by atoms with Gasteiger partial charge in [-0.3, -0.25) is 4.79 Å². The molecule has 0 heterocycles. The highest BCUT2D eigenvalue weighted by molar-refractivity contribution is 5.75. The van der Waals surface area contributed by atoms with Crippen LogP contribution >= 0.6 is 0 Å². The molecule has 0 aliphatic heterocycles. The summed E-state index contributed by atoms with van der Waals surface area (Å²) in [5, 5.41) is 0. The molecule has 0 saturated heterocycles. The van der Waals surface area contributed by atoms with Gasteiger partial charge in [-0.25, -0.2) is 0 Å². The zero-order valence-corrected chi connectivity index (χ0v) is 12.4. The van der Waals surface area contributed by atoms with Gasteiger partial charge in [-0.2, -0.15) is 0 Å². The van der Waals surface area contributed by atoms with Crippen LogP contribution in [0.3, 0.4) is 0 Å². The van der Waals surface area contributed by atoms with E-state index in [-0.39, 0.29) is 5.97 Å². The molecule has 2 heteroatoms. The first kappa shape index (κ1) is 15.5. The van der Waals surface area contributed by atoms with E-state index in [2.05, 4.69) is 30.3 Å². The molecule has 0 aliphatic rings. The molecule has 0 N–H and O–H groups in total. The topological polar surface area (TPSA) is 26.3 Å². The van der Waals surface area contributed by atoms with Gasteiger partial charge in [-0.15, -0.1) is 0 Å². The number of rotatable bonds is 5. The van der Waals surface area contributed by atoms with Crippen LogP contribution in [0.5, 0.6) is 0 Å². The minimum absolute atomic E-state index is 0.150. The third-order valence-electron chi connectivity index (χ3n) is 2.81. The molecule has 0 bridgehead atoms. The molecule has 19 heavy (non-hydrogen) atoms. The molecule has 0 unspecified atom stereocenters. The molecule has 1 rings (SSSR count). The largest absolute Gasteiger partial charge is 0.461 e. The number of esters is 1. The summed E-state index contributed by atoms with van der Waals surface area (Å²) in [6.45, 7) is 7.99. The van der Waals surface area contributed by atoms with Gasteiger partial charge >= 0.3 is 5.97 Å². The fraction of sp³-hybridized carbons (Fsp3) is 0.471. The lowest BCUT2D eigenvalue weighted by Crippen LogP contribution is -2.23. The predicted octanol–water partition coefficient (Wildman–Crippen LogP) is 4.15. The minimum Gasteiger partial charge on any atom is -0.461 e. The maximum absolute atomic E-state index is 11.6. The Bertz CT molecular complexity index is 424. The molecule has 1 aromatic rings. The van der Waals surface area contributed by atoms with Crippen molar-refractivity contribution in [2.75, 3.05) is 6.61 Å². The summed E-state index contributed by atoms with van der Waals surface area (Å²) in [6.07, 6.45) is 4.14. The van der Waals surface area contributed by atoms with Crippen LogP contribution in [-0.4, -0.2) is 12.6 Å². The minimum atomic E-state index is -0.426. The average Bonchev–Trinajstić information content (AvgIpc) is 2.36. The number of carbonyl (C=O) groups is 1. The van der Waals surface area contributed by atoms with Gasteiger partial charge in [0, 0.05) is 0 Å². The van der Waals surface area contributed by atoms with Gasteiger partial charge in [-0.05, 0) is 51.7 Å². The van der Waals surface area contributed by atoms with E-state index in [4.69, 9.17) is 4.74 Å². The first-order valence-corrected chi connectivity index (χ1v) is 6.76. The first-order valence-electron chi connectivity index (χ1n) is 6.76. The summed E-state index contributed by atoms with van der Waals surface area (Å²) >= 11 is 0. The Labute approximate surface area is 116 Å². The lowest BCUT2D eigenvalue weighted by molar-refractivity contribution is -0.151. The molecule has 0 amide bonds. The molecule has 104 valence electrons. The van der Waals surface area contributed by atoms with Crippen LogP contribution < -0.4 is 0 Å². The highest BCUT2D eigenvalue weighted by atomic mass is 16.5. The quantitative estimate of drug-likeness (QED) is 0.587. The van der Waals surface area contributed by atoms with Crippen molar-refractivity contribution >= 4 is 5.97 Å². The maximum Gasteiger partial charge on any atom is 0.311 e. The summed E-state index contributed by atoms with van der Waals surface area (Å²) < 4.78 is 5.26. The predicted molar refractivity (Wildman–Crippen MR) is 78.9 cm³/mol. The van der Waals surface area contributed by atoms with Crippen LogP contribution in [0.1, 0.15) is 39.7 Å². The highest BCUT2D eigenvalue weighted by Gasteiger charge is 2.22. The summed E-state index contributed by atoms with van der Waals surface area (Å²) in [5.41, 5.74) is 2.01. The van der Waals surface area contributed by atoms with Gasteiger partial charge < -0.3 is 4.74 Å². The van der Waals surface area contributed by atoms with Crippen LogP contribution in [0.15, 0.2) is 42.0 Å². The second kappa shape index (κ2) is 7.13. The molecule has 0 spiro atoms. The van der Waals surface area contributed by atoms with Crippen molar-refractivity contribution in [1.29, 1.82) is 0 Å². The van der Waals surface area contributed by atoms with Crippen molar-refractivity contribution in [2.45, 2.75) is 40.5 Å². The number of hydrogen-bond donors (Lipinski definition) is 0. The van der Waals surface area contributed by atoms with Gasteiger partial charge in [0.15, 0.2) is 0 Å². The van der Waals surface area contributed by atoms with E-state index in [0.717, 1.165) is 18.4 Å². The van der Waals surface area contributed by atoms with Crippen molar-refractivity contribution in [3.05, 3.63) is 47.5 Å². The molecular formula is C17H24O2. The zero-order chi connectivity index (χ0) is 14.3. The van der Waals surface area contributed by atoms with Gasteiger partial charge in [0.1, 0.15) is 6.61 Å². The molecule has 0 aliphatic carbocycles. The van der Waals surface area contributed by atoms with E-state index in [1.54, 1.807) is 0 Å². The third-order valence-corrected chi connectivity index (χ3v) is 2.81. The molecule has 0 saturated carbocycles. The van der Waals surface area contributed by atoms with E-state index in [1.165, 1.54) is 5.56 Å². The highest BCUT2D eigenvalue weighted by Crippen LogP contribution is 2.15. The number of benzene rings is 1. The van der Waals surface area contributed by atoms with Crippen molar-refractivity contribution in [1.82, 2.24) is 0 Å². The van der Waals surface area contributed by atoms with Crippen molar-refractivity contribution in [3.8, 4) is 0 Å². The first-order chi connectivity index (χ1) is 8.89. The molecule has 2 nitrogen and oxygen atoms in total. The molecule has 0 fully saturated rings. The number of ether oxygens (including phenoxy) is 1. The maximum atomic E-state index is 11.6. The average molecular weight is 260 g/mol. The summed E-state index contributed by atoms with van der Waals surface area (Å²) in [6, 6.07) is 10.4. The fourth-order valence-electron chi connectivity index (χ4n) is 1.58. The number of allylic oxidation sites excluding steroid dienone is 1. The Morgan fingerprint density at radius 3 is 2.42 bits per heavy atom. The van der Waals surface area contributed by atoms with Gasteiger partial charge in [0.25, 0.3) is 0 Å². The summed E-state index contributed by atoms with van der Waals surface area (Å²) in [5.74, 6) is -0.150. The van der Waals surface area contributed by atoms with E-state index in [9.17, 15) is 4.79 Å². The zero-order valence-electron chi connectivity index (χ0n) is 12.4. The van der Waals surface area contributed by atoms with Crippen LogP contribution in [-0.2, 0) is 16.0 Å². The lowest BCUT2D eigenvalue weighted by atomic mass is 9.97. The van der Waals surface area contributed by atoms with Crippen molar-refractivity contribution < 1.29 is 9.53 Å². The van der Waals surface area contributed by atoms with Crippen LogP contribution in [0.25, 0.3) is 0 Å². The Hall–Kier alpha value is -1.57. The van der Waals surface area contributed by atoms with Crippen LogP contribution in [0.2, 0.25) is 0 Å². The second-order valence-corrected chi connectivity index (χ2v) is 5.90. The molecule has 0 radical (unpaired) electrons. The normalized spacial score (nSPS) is 12.3. The van der Waals surface area contributed by atoms with Gasteiger partial charge in [0.2, 0.25) is 0 Å². The second-order valence-electron chi connectivity index (χ2n) is 5.90. The van der Waals surface area contributed by atoms with Gasteiger partial charge in [-0.1, -0.05) is 36.4 Å². The molecule has 1 aromatic carbocycles. The Balaban J connectivity index is 2.32. The Kier molecular flexibility index (Phi) is 5.81. The third kappa shape index (κ3) is 6.23. The monoisotopic (exact) mass is 260 g/mol. The Morgan fingerprint density at radius 2 is 1.84 bits per heavy atom. The Morgan fingerprint density at radius 1 is 1.21 bits per heavy atom. The van der Waals surface area contributed by atoms with Crippen LogP contribution in [0, 0.1) is 5.41 Å². The van der Waals surface area contributed by atoms with Crippen LogP contribution in [0.4, 0.5) is 0 Å². The number of hydrogen-bond acceptors (Lipinski definition) is 2. The summed E-state index contributed by atoms with van der Waals surface area (Å²) in [7, 11) is 0. The molecular weight excluding hydrogens is 236 g/mol. The smallest absolute Gasteiger partial charge is 0.311 e. The molecule has 0 atom stereocenters. The van der Waals surface area contributed by atoms with Crippen molar-refractivity contribution in [2.24, 2.45) is 5.41 Å². The standard InChI is InChI=1S/C17H24O2/c1-14(13-19-16(18)17(2,3)4)9-8-12-15-10-6-5-7-11-15/h5-7,9-11H,8,12-13H2,1-4H3/b14-9-. The van der Waals surface area contributed by atoms with Crippen molar-refractivity contribution in [3.63, 3.8) is 0 Å².